The summed E-state index contributed by atoms with van der Waals surface area (Å²) in [5.74, 6) is -2.85. The third-order valence-corrected chi connectivity index (χ3v) is 6.89. The lowest BCUT2D eigenvalue weighted by Gasteiger charge is -2.37. The number of likely N-dealkylation sites (tertiary alicyclic amines) is 1. The highest BCUT2D eigenvalue weighted by Gasteiger charge is 2.72. The summed E-state index contributed by atoms with van der Waals surface area (Å²) in [5.41, 5.74) is -0.323. The number of aliphatic hydroxyl groups excluding tert-OH is 1. The second kappa shape index (κ2) is 7.86. The van der Waals surface area contributed by atoms with Crippen molar-refractivity contribution in [2.24, 2.45) is 11.8 Å². The maximum absolute atomic E-state index is 13.9. The first-order chi connectivity index (χ1) is 15.5. The van der Waals surface area contributed by atoms with Crippen molar-refractivity contribution < 1.29 is 29.0 Å². The number of esters is 1. The van der Waals surface area contributed by atoms with Crippen LogP contribution in [-0.2, 0) is 30.4 Å². The Hall–Kier alpha value is -2.97. The number of carbonyl (C=O) groups excluding carboxylic acids is 3. The monoisotopic (exact) mass is 438 g/mol. The topological polar surface area (TPSA) is 96.4 Å². The number of benzene rings is 1. The van der Waals surface area contributed by atoms with Gasteiger partial charge in [-0.3, -0.25) is 14.4 Å². The van der Waals surface area contributed by atoms with Crippen molar-refractivity contribution in [2.75, 3.05) is 19.8 Å². The van der Waals surface area contributed by atoms with Crippen molar-refractivity contribution in [1.82, 2.24) is 9.80 Å². The van der Waals surface area contributed by atoms with Gasteiger partial charge in [0.1, 0.15) is 24.2 Å². The zero-order valence-electron chi connectivity index (χ0n) is 17.8. The molecule has 0 radical (unpaired) electrons. The minimum atomic E-state index is -1.29. The number of carbonyl (C=O) groups is 3. The predicted molar refractivity (Wildman–Crippen MR) is 113 cm³/mol. The van der Waals surface area contributed by atoms with Crippen molar-refractivity contribution in [3.63, 3.8) is 0 Å². The number of rotatable bonds is 4. The number of ether oxygens (including phenoxy) is 2. The van der Waals surface area contributed by atoms with Gasteiger partial charge in [-0.15, -0.1) is 0 Å². The number of nitrogens with zero attached hydrogens (tertiary/aromatic N) is 2. The molecule has 32 heavy (non-hydrogen) atoms. The summed E-state index contributed by atoms with van der Waals surface area (Å²) in [6.07, 6.45) is 6.43. The van der Waals surface area contributed by atoms with E-state index in [1.807, 2.05) is 36.4 Å². The fourth-order valence-corrected chi connectivity index (χ4v) is 5.46. The van der Waals surface area contributed by atoms with E-state index in [0.29, 0.717) is 13.1 Å². The highest BCUT2D eigenvalue weighted by molar-refractivity contribution is 5.99. The van der Waals surface area contributed by atoms with Crippen LogP contribution in [-0.4, -0.2) is 76.2 Å². The second-order valence-corrected chi connectivity index (χ2v) is 8.78. The Morgan fingerprint density at radius 1 is 1.16 bits per heavy atom. The summed E-state index contributed by atoms with van der Waals surface area (Å²) in [6.45, 7) is 2.25. The highest BCUT2D eigenvalue weighted by Crippen LogP contribution is 2.53. The molecule has 2 saturated heterocycles. The maximum Gasteiger partial charge on any atom is 0.313 e. The molecule has 1 spiro atoms. The molecule has 4 aliphatic heterocycles. The lowest BCUT2D eigenvalue weighted by molar-refractivity contribution is -0.154. The van der Waals surface area contributed by atoms with Crippen molar-refractivity contribution in [3.8, 4) is 0 Å². The van der Waals surface area contributed by atoms with Crippen LogP contribution >= 0.6 is 0 Å². The number of cyclic esters (lactones) is 1. The van der Waals surface area contributed by atoms with E-state index in [-0.39, 0.29) is 25.0 Å². The van der Waals surface area contributed by atoms with Gasteiger partial charge in [-0.2, -0.15) is 0 Å². The van der Waals surface area contributed by atoms with E-state index in [4.69, 9.17) is 9.47 Å². The van der Waals surface area contributed by atoms with Crippen LogP contribution in [0, 0.1) is 11.8 Å². The molecule has 8 heteroatoms. The molecule has 4 aliphatic rings. The lowest BCUT2D eigenvalue weighted by atomic mass is 9.78. The Balaban J connectivity index is 1.58. The normalized spacial score (nSPS) is 34.5. The molecule has 1 aromatic carbocycles. The Morgan fingerprint density at radius 3 is 2.69 bits per heavy atom. The van der Waals surface area contributed by atoms with Crippen LogP contribution < -0.4 is 0 Å². The molecule has 5 rings (SSSR count). The molecule has 0 aliphatic carbocycles. The Kier molecular flexibility index (Phi) is 5.14. The Morgan fingerprint density at radius 2 is 1.94 bits per heavy atom. The standard InChI is InChI=1S/C24H26N2O6/c1-15(14-27)26-20-22(29)25(13-16-7-3-2-4-8-16)11-6-10-24(20)19(21(26)28)18-17(32-24)9-5-12-31-23(18)30/h2-10,15,17-20,27H,11-14H2,1H3. The summed E-state index contributed by atoms with van der Waals surface area (Å²) >= 11 is 0. The smallest absolute Gasteiger partial charge is 0.313 e. The Bertz CT molecular complexity index is 991. The summed E-state index contributed by atoms with van der Waals surface area (Å²) in [7, 11) is 0. The van der Waals surface area contributed by atoms with Crippen molar-refractivity contribution in [2.45, 2.75) is 37.3 Å². The van der Waals surface area contributed by atoms with Crippen LogP contribution in [0.3, 0.4) is 0 Å². The highest BCUT2D eigenvalue weighted by atomic mass is 16.6. The van der Waals surface area contributed by atoms with Gasteiger partial charge in [0.25, 0.3) is 0 Å². The first-order valence-corrected chi connectivity index (χ1v) is 10.9. The first kappa shape index (κ1) is 20.9. The van der Waals surface area contributed by atoms with Gasteiger partial charge >= 0.3 is 5.97 Å². The quantitative estimate of drug-likeness (QED) is 0.548. The molecule has 2 amide bonds. The van der Waals surface area contributed by atoms with Gasteiger partial charge in [0.2, 0.25) is 11.8 Å². The van der Waals surface area contributed by atoms with Gasteiger partial charge in [-0.1, -0.05) is 48.6 Å². The number of hydrogen-bond donors (Lipinski definition) is 1. The molecule has 6 atom stereocenters. The minimum absolute atomic E-state index is 0.128. The average Bonchev–Trinajstić information content (AvgIpc) is 3.11. The number of fused-ring (bicyclic) bond motifs is 2. The molecule has 2 fully saturated rings. The zero-order chi connectivity index (χ0) is 22.5. The van der Waals surface area contributed by atoms with E-state index in [9.17, 15) is 19.5 Å². The van der Waals surface area contributed by atoms with Gasteiger partial charge in [-0.25, -0.2) is 0 Å². The number of amides is 2. The molecule has 168 valence electrons. The van der Waals surface area contributed by atoms with E-state index >= 15 is 0 Å². The van der Waals surface area contributed by atoms with E-state index in [2.05, 4.69) is 0 Å². The van der Waals surface area contributed by atoms with Crippen LogP contribution in [0.5, 0.6) is 0 Å². The van der Waals surface area contributed by atoms with Gasteiger partial charge in [-0.05, 0) is 18.6 Å². The second-order valence-electron chi connectivity index (χ2n) is 8.78. The third kappa shape index (κ3) is 3.01. The zero-order valence-corrected chi connectivity index (χ0v) is 17.8. The number of hydrogen-bond acceptors (Lipinski definition) is 6. The average molecular weight is 438 g/mol. The molecule has 1 N–H and O–H groups in total. The van der Waals surface area contributed by atoms with Crippen LogP contribution in [0.1, 0.15) is 12.5 Å². The SMILES string of the molecule is CC(CO)N1C(=O)C2C3C(=O)OCC=CC3OC23C=CCN(Cc2ccccc2)C(=O)C13. The molecule has 0 bridgehead atoms. The third-order valence-electron chi connectivity index (χ3n) is 6.89. The fraction of sp³-hybridized carbons (Fsp3) is 0.458. The summed E-state index contributed by atoms with van der Waals surface area (Å²) in [6, 6.07) is 8.04. The van der Waals surface area contributed by atoms with Crippen molar-refractivity contribution in [1.29, 1.82) is 0 Å². The maximum atomic E-state index is 13.9. The molecule has 4 heterocycles. The summed E-state index contributed by atoms with van der Waals surface area (Å²) in [4.78, 5) is 43.5. The largest absolute Gasteiger partial charge is 0.461 e. The molecule has 1 aromatic rings. The van der Waals surface area contributed by atoms with Gasteiger partial charge in [0.05, 0.1) is 24.7 Å². The molecule has 0 saturated carbocycles. The first-order valence-electron chi connectivity index (χ1n) is 10.9. The van der Waals surface area contributed by atoms with Gasteiger partial charge in [0.15, 0.2) is 0 Å². The van der Waals surface area contributed by atoms with Crippen LogP contribution in [0.2, 0.25) is 0 Å². The van der Waals surface area contributed by atoms with Crippen LogP contribution in [0.15, 0.2) is 54.6 Å². The van der Waals surface area contributed by atoms with Gasteiger partial charge in [0, 0.05) is 13.1 Å². The van der Waals surface area contributed by atoms with Crippen molar-refractivity contribution in [3.05, 3.63) is 60.2 Å². The van der Waals surface area contributed by atoms with Crippen molar-refractivity contribution >= 4 is 17.8 Å². The number of aliphatic hydroxyl groups is 1. The molecular weight excluding hydrogens is 412 g/mol. The minimum Gasteiger partial charge on any atom is -0.461 e. The predicted octanol–water partition coefficient (Wildman–Crippen LogP) is 0.660. The van der Waals surface area contributed by atoms with E-state index in [1.54, 1.807) is 30.1 Å². The summed E-state index contributed by atoms with van der Waals surface area (Å²) < 4.78 is 11.7. The fourth-order valence-electron chi connectivity index (χ4n) is 5.46. The van der Waals surface area contributed by atoms with Crippen LogP contribution in [0.25, 0.3) is 0 Å². The summed E-state index contributed by atoms with van der Waals surface area (Å²) in [5, 5.41) is 9.87. The van der Waals surface area contributed by atoms with Crippen LogP contribution in [0.4, 0.5) is 0 Å². The molecule has 6 unspecified atom stereocenters. The van der Waals surface area contributed by atoms with E-state index in [1.165, 1.54) is 4.90 Å². The molecule has 0 aromatic heterocycles. The van der Waals surface area contributed by atoms with E-state index < -0.39 is 41.6 Å². The Labute approximate surface area is 186 Å². The van der Waals surface area contributed by atoms with Gasteiger partial charge < -0.3 is 24.4 Å². The molecular formula is C24H26N2O6. The van der Waals surface area contributed by atoms with E-state index in [0.717, 1.165) is 5.56 Å². The lowest BCUT2D eigenvalue weighted by Crippen LogP contribution is -2.57. The molecule has 8 nitrogen and oxygen atoms in total.